The van der Waals surface area contributed by atoms with Gasteiger partial charge < -0.3 is 15.3 Å². The second-order valence-electron chi connectivity index (χ2n) is 12.2. The molecule has 0 saturated heterocycles. The lowest BCUT2D eigenvalue weighted by Crippen LogP contribution is -2.62. The molecule has 0 aromatic rings. The maximum atomic E-state index is 13.7. The number of aliphatic hydroxyl groups excluding tert-OH is 2. The first-order valence-electron chi connectivity index (χ1n) is 12.1. The predicted octanol–water partition coefficient (Wildman–Crippen LogP) is 3.59. The molecule has 31 heavy (non-hydrogen) atoms. The van der Waals surface area contributed by atoms with Gasteiger partial charge >= 0.3 is 0 Å². The number of hydrogen-bond acceptors (Lipinski definition) is 5. The summed E-state index contributed by atoms with van der Waals surface area (Å²) in [4.78, 5) is 27.2. The van der Waals surface area contributed by atoms with E-state index >= 15 is 0 Å². The van der Waals surface area contributed by atoms with Gasteiger partial charge in [-0.3, -0.25) is 9.59 Å². The molecule has 0 aliphatic heterocycles. The van der Waals surface area contributed by atoms with Crippen LogP contribution in [0.4, 0.5) is 0 Å². The van der Waals surface area contributed by atoms with E-state index in [0.717, 1.165) is 32.1 Å². The minimum Gasteiger partial charge on any atom is -0.390 e. The summed E-state index contributed by atoms with van der Waals surface area (Å²) in [5.41, 5.74) is -1.57. The molecule has 3 fully saturated rings. The largest absolute Gasteiger partial charge is 0.390 e. The number of aliphatic hydroxyl groups is 3. The van der Waals surface area contributed by atoms with Gasteiger partial charge in [0.15, 0.2) is 5.78 Å². The van der Waals surface area contributed by atoms with Crippen LogP contribution in [0.15, 0.2) is 11.6 Å². The maximum absolute atomic E-state index is 13.7. The molecule has 3 N–H and O–H groups in total. The summed E-state index contributed by atoms with van der Waals surface area (Å²) in [6, 6.07) is 0. The molecule has 3 saturated carbocycles. The van der Waals surface area contributed by atoms with Crippen LogP contribution in [0.5, 0.6) is 0 Å². The first-order valence-corrected chi connectivity index (χ1v) is 12.1. The Morgan fingerprint density at radius 3 is 2.52 bits per heavy atom. The van der Waals surface area contributed by atoms with E-state index in [9.17, 15) is 24.9 Å². The Balaban J connectivity index is 1.75. The topological polar surface area (TPSA) is 94.8 Å². The zero-order valence-corrected chi connectivity index (χ0v) is 19.8. The fourth-order valence-electron chi connectivity index (χ4n) is 8.38. The van der Waals surface area contributed by atoms with Crippen LogP contribution in [0, 0.1) is 34.0 Å². The summed E-state index contributed by atoms with van der Waals surface area (Å²) in [6.45, 7) is 10.2. The monoisotopic (exact) mass is 432 g/mol. The number of ketones is 2. The molecule has 1 spiro atoms. The summed E-state index contributed by atoms with van der Waals surface area (Å²) >= 11 is 0. The lowest BCUT2D eigenvalue weighted by atomic mass is 9.41. The molecule has 174 valence electrons. The van der Waals surface area contributed by atoms with Gasteiger partial charge in [-0.1, -0.05) is 20.8 Å². The summed E-state index contributed by atoms with van der Waals surface area (Å²) in [7, 11) is 0. The molecule has 0 heterocycles. The number of carbonyl (C=O) groups excluding carboxylic acids is 2. The second kappa shape index (κ2) is 7.23. The van der Waals surface area contributed by atoms with E-state index in [1.54, 1.807) is 6.08 Å². The number of rotatable bonds is 4. The molecule has 0 amide bonds. The number of hydrogen-bond donors (Lipinski definition) is 3. The van der Waals surface area contributed by atoms with Crippen LogP contribution < -0.4 is 0 Å². The Kier molecular flexibility index (Phi) is 5.39. The Hall–Kier alpha value is -1.04. The summed E-state index contributed by atoms with van der Waals surface area (Å²) < 4.78 is 0. The van der Waals surface area contributed by atoms with Crippen molar-refractivity contribution in [2.24, 2.45) is 34.0 Å². The van der Waals surface area contributed by atoms with E-state index in [-0.39, 0.29) is 29.3 Å². The third kappa shape index (κ3) is 3.21. The third-order valence-electron chi connectivity index (χ3n) is 9.95. The van der Waals surface area contributed by atoms with Crippen LogP contribution in [0.3, 0.4) is 0 Å². The molecule has 4 aliphatic rings. The predicted molar refractivity (Wildman–Crippen MR) is 118 cm³/mol. The smallest absolute Gasteiger partial charge is 0.160 e. The third-order valence-corrected chi connectivity index (χ3v) is 9.95. The lowest BCUT2D eigenvalue weighted by Gasteiger charge is -2.61. The Morgan fingerprint density at radius 2 is 1.87 bits per heavy atom. The van der Waals surface area contributed by atoms with E-state index in [4.69, 9.17) is 0 Å². The van der Waals surface area contributed by atoms with Crippen molar-refractivity contribution < 1.29 is 24.9 Å². The molecule has 4 aliphatic carbocycles. The van der Waals surface area contributed by atoms with Gasteiger partial charge in [0.05, 0.1) is 17.8 Å². The number of carbonyl (C=O) groups is 2. The van der Waals surface area contributed by atoms with Crippen LogP contribution in [-0.4, -0.2) is 44.7 Å². The highest BCUT2D eigenvalue weighted by molar-refractivity contribution is 6.04. The average Bonchev–Trinajstić information content (AvgIpc) is 2.97. The van der Waals surface area contributed by atoms with Crippen LogP contribution in [0.25, 0.3) is 0 Å². The standard InChI is InChI=1S/C26H40O5/c1-15(8-10-23(2,3)31)16-6-7-22(30)26-14-19(28)17-12-18(27)20(29)13-24(17,4)21(26)9-11-25(16,26)5/h12,15-16,18,20-21,27,29,31H,6-11,13-14H2,1-5H3. The van der Waals surface area contributed by atoms with Crippen molar-refractivity contribution in [1.29, 1.82) is 0 Å². The fraction of sp³-hybridized carbons (Fsp3) is 0.846. The van der Waals surface area contributed by atoms with Crippen molar-refractivity contribution in [3.8, 4) is 0 Å². The minimum absolute atomic E-state index is 0.0176. The van der Waals surface area contributed by atoms with Crippen LogP contribution >= 0.6 is 0 Å². The minimum atomic E-state index is -1.01. The normalized spacial score (nSPS) is 46.1. The molecule has 8 unspecified atom stereocenters. The molecule has 8 atom stereocenters. The summed E-state index contributed by atoms with van der Waals surface area (Å²) in [5, 5.41) is 30.9. The Bertz CT molecular complexity index is 809. The maximum Gasteiger partial charge on any atom is 0.160 e. The van der Waals surface area contributed by atoms with Gasteiger partial charge in [0.1, 0.15) is 5.78 Å². The lowest BCUT2D eigenvalue weighted by molar-refractivity contribution is -0.168. The van der Waals surface area contributed by atoms with Gasteiger partial charge in [-0.05, 0) is 81.6 Å². The SMILES string of the molecule is CC(CCC(C)(C)O)C1CCC(=O)C23CC(=O)C4=CC(O)C(O)CC4(C)C2CCC13C. The zero-order valence-electron chi connectivity index (χ0n) is 19.8. The Labute approximate surface area is 186 Å². The molecule has 0 aromatic heterocycles. The van der Waals surface area contributed by atoms with E-state index in [0.29, 0.717) is 30.3 Å². The molecule has 0 aromatic carbocycles. The molecule has 5 heteroatoms. The van der Waals surface area contributed by atoms with Crippen LogP contribution in [-0.2, 0) is 9.59 Å². The van der Waals surface area contributed by atoms with Crippen LogP contribution in [0.1, 0.15) is 86.0 Å². The quantitative estimate of drug-likeness (QED) is 0.631. The molecule has 0 radical (unpaired) electrons. The van der Waals surface area contributed by atoms with E-state index in [2.05, 4.69) is 13.8 Å². The Morgan fingerprint density at radius 1 is 1.19 bits per heavy atom. The van der Waals surface area contributed by atoms with Crippen LogP contribution in [0.2, 0.25) is 0 Å². The average molecular weight is 433 g/mol. The van der Waals surface area contributed by atoms with Gasteiger partial charge in [0.2, 0.25) is 0 Å². The fourth-order valence-corrected chi connectivity index (χ4v) is 8.38. The van der Waals surface area contributed by atoms with Gasteiger partial charge in [0.25, 0.3) is 0 Å². The highest BCUT2D eigenvalue weighted by Gasteiger charge is 2.72. The highest BCUT2D eigenvalue weighted by Crippen LogP contribution is 2.74. The van der Waals surface area contributed by atoms with Crippen molar-refractivity contribution >= 4 is 11.6 Å². The number of Topliss-reactive ketones (excluding diaryl/α,β-unsaturated/α-hetero) is 2. The van der Waals surface area contributed by atoms with E-state index in [1.165, 1.54) is 0 Å². The molecular weight excluding hydrogens is 392 g/mol. The zero-order chi connectivity index (χ0) is 23.0. The molecule has 4 rings (SSSR count). The summed E-state index contributed by atoms with van der Waals surface area (Å²) in [5.74, 6) is 0.930. The molecule has 0 bridgehead atoms. The first-order chi connectivity index (χ1) is 14.3. The number of allylic oxidation sites excluding steroid dienone is 1. The molecule has 5 nitrogen and oxygen atoms in total. The second-order valence-corrected chi connectivity index (χ2v) is 12.2. The first kappa shape index (κ1) is 23.1. The van der Waals surface area contributed by atoms with Gasteiger partial charge in [-0.25, -0.2) is 0 Å². The van der Waals surface area contributed by atoms with Crippen molar-refractivity contribution in [1.82, 2.24) is 0 Å². The van der Waals surface area contributed by atoms with E-state index in [1.807, 2.05) is 20.8 Å². The van der Waals surface area contributed by atoms with Gasteiger partial charge in [-0.2, -0.15) is 0 Å². The van der Waals surface area contributed by atoms with Crippen molar-refractivity contribution in [2.75, 3.05) is 0 Å². The van der Waals surface area contributed by atoms with Gasteiger partial charge in [-0.15, -0.1) is 0 Å². The van der Waals surface area contributed by atoms with Crippen molar-refractivity contribution in [3.05, 3.63) is 11.6 Å². The van der Waals surface area contributed by atoms with Gasteiger partial charge in [0, 0.05) is 29.2 Å². The number of fused-ring (bicyclic) bond motifs is 2. The summed E-state index contributed by atoms with van der Waals surface area (Å²) in [6.07, 6.45) is 5.01. The molecular formula is C26H40O5. The highest BCUT2D eigenvalue weighted by atomic mass is 16.3. The van der Waals surface area contributed by atoms with E-state index < -0.39 is 28.6 Å². The van der Waals surface area contributed by atoms with Crippen molar-refractivity contribution in [2.45, 2.75) is 104 Å². The van der Waals surface area contributed by atoms with Crippen molar-refractivity contribution in [3.63, 3.8) is 0 Å².